The summed E-state index contributed by atoms with van der Waals surface area (Å²) in [5.74, 6) is 0. The SMILES string of the molecule is Cc1cc(C)c(NS(=O)(=O)N2CCCCC2)c(Br)c1. The van der Waals surface area contributed by atoms with Gasteiger partial charge in [0.15, 0.2) is 0 Å². The van der Waals surface area contributed by atoms with Gasteiger partial charge in [-0.2, -0.15) is 12.7 Å². The Morgan fingerprint density at radius 1 is 1.16 bits per heavy atom. The fraction of sp³-hybridized carbons (Fsp3) is 0.538. The van der Waals surface area contributed by atoms with Crippen molar-refractivity contribution >= 4 is 31.8 Å². The van der Waals surface area contributed by atoms with Gasteiger partial charge >= 0.3 is 10.2 Å². The third-order valence-electron chi connectivity index (χ3n) is 3.32. The lowest BCUT2D eigenvalue weighted by Gasteiger charge is -2.27. The lowest BCUT2D eigenvalue weighted by atomic mass is 10.1. The summed E-state index contributed by atoms with van der Waals surface area (Å²) in [5, 5.41) is 0. The molecule has 1 heterocycles. The van der Waals surface area contributed by atoms with Crippen molar-refractivity contribution in [3.63, 3.8) is 0 Å². The first-order valence-electron chi connectivity index (χ1n) is 6.45. The zero-order chi connectivity index (χ0) is 14.0. The maximum absolute atomic E-state index is 12.3. The standard InChI is InChI=1S/C13H19BrN2O2S/c1-10-8-11(2)13(12(14)9-10)15-19(17,18)16-6-4-3-5-7-16/h8-9,15H,3-7H2,1-2H3. The largest absolute Gasteiger partial charge is 0.301 e. The Bertz CT molecular complexity index is 543. The molecule has 1 aromatic rings. The predicted octanol–water partition coefficient (Wildman–Crippen LogP) is 3.21. The lowest BCUT2D eigenvalue weighted by Crippen LogP contribution is -2.39. The predicted molar refractivity (Wildman–Crippen MR) is 81.6 cm³/mol. The van der Waals surface area contributed by atoms with Gasteiger partial charge in [0.05, 0.1) is 5.69 Å². The summed E-state index contributed by atoms with van der Waals surface area (Å²) in [6.45, 7) is 5.11. The number of nitrogens with zero attached hydrogens (tertiary/aromatic N) is 1. The van der Waals surface area contributed by atoms with E-state index in [1.165, 1.54) is 4.31 Å². The summed E-state index contributed by atoms with van der Waals surface area (Å²) in [5.41, 5.74) is 2.66. The highest BCUT2D eigenvalue weighted by atomic mass is 79.9. The van der Waals surface area contributed by atoms with E-state index < -0.39 is 10.2 Å². The van der Waals surface area contributed by atoms with Gasteiger partial charge in [0.25, 0.3) is 0 Å². The smallest absolute Gasteiger partial charge is 0.269 e. The molecule has 0 amide bonds. The van der Waals surface area contributed by atoms with Crippen LogP contribution in [0.15, 0.2) is 16.6 Å². The second kappa shape index (κ2) is 5.81. The van der Waals surface area contributed by atoms with Gasteiger partial charge in [0.2, 0.25) is 0 Å². The van der Waals surface area contributed by atoms with E-state index >= 15 is 0 Å². The van der Waals surface area contributed by atoms with Crippen molar-refractivity contribution in [2.45, 2.75) is 33.1 Å². The van der Waals surface area contributed by atoms with E-state index in [0.717, 1.165) is 34.9 Å². The quantitative estimate of drug-likeness (QED) is 0.913. The summed E-state index contributed by atoms with van der Waals surface area (Å²) < 4.78 is 29.7. The molecule has 6 heteroatoms. The molecule has 0 spiro atoms. The maximum Gasteiger partial charge on any atom is 0.301 e. The van der Waals surface area contributed by atoms with E-state index in [0.29, 0.717) is 18.8 Å². The van der Waals surface area contributed by atoms with Crippen LogP contribution in [0.4, 0.5) is 5.69 Å². The minimum absolute atomic E-state index is 0.609. The Labute approximate surface area is 123 Å². The highest BCUT2D eigenvalue weighted by molar-refractivity contribution is 9.10. The summed E-state index contributed by atoms with van der Waals surface area (Å²) >= 11 is 3.43. The molecule has 0 radical (unpaired) electrons. The van der Waals surface area contributed by atoms with Crippen LogP contribution in [0, 0.1) is 13.8 Å². The minimum Gasteiger partial charge on any atom is -0.269 e. The molecule has 1 fully saturated rings. The third-order valence-corrected chi connectivity index (χ3v) is 5.45. The number of hydrogen-bond acceptors (Lipinski definition) is 2. The van der Waals surface area contributed by atoms with Gasteiger partial charge < -0.3 is 0 Å². The Balaban J connectivity index is 2.25. The minimum atomic E-state index is -3.44. The van der Waals surface area contributed by atoms with Gasteiger partial charge in [-0.25, -0.2) is 0 Å². The molecule has 4 nitrogen and oxygen atoms in total. The summed E-state index contributed by atoms with van der Waals surface area (Å²) in [6.07, 6.45) is 2.99. The van der Waals surface area contributed by atoms with Crippen LogP contribution in [0.5, 0.6) is 0 Å². The molecular formula is C13H19BrN2O2S. The molecule has 0 aliphatic carbocycles. The van der Waals surface area contributed by atoms with Crippen LogP contribution in [0.2, 0.25) is 0 Å². The van der Waals surface area contributed by atoms with Crippen LogP contribution in [-0.2, 0) is 10.2 Å². The van der Waals surface area contributed by atoms with Gasteiger partial charge in [0, 0.05) is 17.6 Å². The number of rotatable bonds is 3. The molecule has 1 N–H and O–H groups in total. The van der Waals surface area contributed by atoms with Crippen molar-refractivity contribution in [1.29, 1.82) is 0 Å². The van der Waals surface area contributed by atoms with Crippen molar-refractivity contribution < 1.29 is 8.42 Å². The number of anilines is 1. The van der Waals surface area contributed by atoms with Crippen LogP contribution in [-0.4, -0.2) is 25.8 Å². The summed E-state index contributed by atoms with van der Waals surface area (Å²) in [7, 11) is -3.44. The van der Waals surface area contributed by atoms with Crippen molar-refractivity contribution in [1.82, 2.24) is 4.31 Å². The monoisotopic (exact) mass is 346 g/mol. The molecule has 0 atom stereocenters. The van der Waals surface area contributed by atoms with Crippen molar-refractivity contribution in [3.05, 3.63) is 27.7 Å². The number of hydrogen-bond donors (Lipinski definition) is 1. The first kappa shape index (κ1) is 14.8. The topological polar surface area (TPSA) is 49.4 Å². The fourth-order valence-corrected chi connectivity index (χ4v) is 4.64. The van der Waals surface area contributed by atoms with Crippen molar-refractivity contribution in [2.75, 3.05) is 17.8 Å². The first-order valence-corrected chi connectivity index (χ1v) is 8.68. The van der Waals surface area contributed by atoms with E-state index in [4.69, 9.17) is 0 Å². The van der Waals surface area contributed by atoms with E-state index in [9.17, 15) is 8.42 Å². The van der Waals surface area contributed by atoms with Crippen LogP contribution in [0.1, 0.15) is 30.4 Å². The molecule has 0 aromatic heterocycles. The molecule has 1 aliphatic rings. The first-order chi connectivity index (χ1) is 8.90. The average Bonchev–Trinajstić information content (AvgIpc) is 2.35. The van der Waals surface area contributed by atoms with Gasteiger partial charge in [0.1, 0.15) is 0 Å². The number of aryl methyl sites for hydroxylation is 2. The highest BCUT2D eigenvalue weighted by Gasteiger charge is 2.24. The maximum atomic E-state index is 12.3. The van der Waals surface area contributed by atoms with Gasteiger partial charge in [-0.05, 0) is 59.8 Å². The second-order valence-electron chi connectivity index (χ2n) is 5.01. The Morgan fingerprint density at radius 2 is 1.79 bits per heavy atom. The normalized spacial score (nSPS) is 17.4. The average molecular weight is 347 g/mol. The summed E-state index contributed by atoms with van der Waals surface area (Å²) in [4.78, 5) is 0. The van der Waals surface area contributed by atoms with Crippen LogP contribution in [0.25, 0.3) is 0 Å². The zero-order valence-corrected chi connectivity index (χ0v) is 13.6. The number of piperidine rings is 1. The molecular weight excluding hydrogens is 328 g/mol. The van der Waals surface area contributed by atoms with Crippen LogP contribution < -0.4 is 4.72 Å². The Kier molecular flexibility index (Phi) is 4.53. The van der Waals surface area contributed by atoms with Gasteiger partial charge in [-0.1, -0.05) is 12.5 Å². The van der Waals surface area contributed by atoms with Gasteiger partial charge in [-0.3, -0.25) is 4.72 Å². The number of nitrogens with one attached hydrogen (secondary N) is 1. The molecule has 1 aromatic carbocycles. The Hall–Kier alpha value is -0.590. The zero-order valence-electron chi connectivity index (χ0n) is 11.2. The van der Waals surface area contributed by atoms with E-state index in [-0.39, 0.29) is 0 Å². The van der Waals surface area contributed by atoms with E-state index in [2.05, 4.69) is 20.7 Å². The van der Waals surface area contributed by atoms with Crippen molar-refractivity contribution in [2.24, 2.45) is 0 Å². The molecule has 0 unspecified atom stereocenters. The lowest BCUT2D eigenvalue weighted by molar-refractivity contribution is 0.349. The van der Waals surface area contributed by atoms with Crippen molar-refractivity contribution in [3.8, 4) is 0 Å². The van der Waals surface area contributed by atoms with E-state index in [1.54, 1.807) is 0 Å². The third kappa shape index (κ3) is 3.49. The number of benzene rings is 1. The fourth-order valence-electron chi connectivity index (χ4n) is 2.34. The van der Waals surface area contributed by atoms with Crippen LogP contribution in [0.3, 0.4) is 0 Å². The molecule has 2 rings (SSSR count). The molecule has 0 bridgehead atoms. The molecule has 0 saturated carbocycles. The molecule has 106 valence electrons. The highest BCUT2D eigenvalue weighted by Crippen LogP contribution is 2.29. The number of halogens is 1. The van der Waals surface area contributed by atoms with E-state index in [1.807, 2.05) is 26.0 Å². The molecule has 1 saturated heterocycles. The van der Waals surface area contributed by atoms with Gasteiger partial charge in [-0.15, -0.1) is 0 Å². The second-order valence-corrected chi connectivity index (χ2v) is 7.53. The Morgan fingerprint density at radius 3 is 2.37 bits per heavy atom. The molecule has 1 aliphatic heterocycles. The van der Waals surface area contributed by atoms with Crippen LogP contribution >= 0.6 is 15.9 Å². The summed E-state index contributed by atoms with van der Waals surface area (Å²) in [6, 6.07) is 3.89. The molecule has 19 heavy (non-hydrogen) atoms.